The highest BCUT2D eigenvalue weighted by Gasteiger charge is 2.34. The van der Waals surface area contributed by atoms with Crippen molar-refractivity contribution in [3.63, 3.8) is 0 Å². The number of carboxylic acid groups (broad SMARTS) is 1. The third-order valence-electron chi connectivity index (χ3n) is 3.87. The summed E-state index contributed by atoms with van der Waals surface area (Å²) in [7, 11) is 0. The van der Waals surface area contributed by atoms with Gasteiger partial charge in [-0.15, -0.1) is 0 Å². The lowest BCUT2D eigenvalue weighted by atomic mass is 9.99. The summed E-state index contributed by atoms with van der Waals surface area (Å²) in [5.41, 5.74) is 2.92. The van der Waals surface area contributed by atoms with Gasteiger partial charge in [0.05, 0.1) is 17.6 Å². The van der Waals surface area contributed by atoms with Crippen molar-refractivity contribution in [2.75, 3.05) is 13.1 Å². The first-order chi connectivity index (χ1) is 9.01. The molecule has 0 aliphatic carbocycles. The smallest absolute Gasteiger partial charge is 0.308 e. The molecule has 4 heteroatoms. The van der Waals surface area contributed by atoms with Gasteiger partial charge in [0.1, 0.15) is 0 Å². The number of carboxylic acids is 1. The van der Waals surface area contributed by atoms with E-state index in [-0.39, 0.29) is 11.8 Å². The Bertz CT molecular complexity index is 533. The van der Waals surface area contributed by atoms with Crippen LogP contribution in [0.4, 0.5) is 0 Å². The van der Waals surface area contributed by atoms with E-state index in [1.54, 1.807) is 0 Å². The fraction of sp³-hybridized carbons (Fsp3) is 0.467. The number of carbonyl (C=O) groups is 1. The third kappa shape index (κ3) is 2.94. The minimum Gasteiger partial charge on any atom is -0.481 e. The van der Waals surface area contributed by atoms with E-state index in [0.717, 1.165) is 24.2 Å². The number of benzene rings is 1. The van der Waals surface area contributed by atoms with Gasteiger partial charge >= 0.3 is 5.97 Å². The van der Waals surface area contributed by atoms with E-state index in [0.29, 0.717) is 12.1 Å². The van der Waals surface area contributed by atoms with Crippen molar-refractivity contribution >= 4 is 5.97 Å². The molecule has 0 aromatic heterocycles. The molecule has 1 aromatic carbocycles. The molecular formula is C15H18N2O2. The van der Waals surface area contributed by atoms with Gasteiger partial charge in [-0.2, -0.15) is 5.26 Å². The summed E-state index contributed by atoms with van der Waals surface area (Å²) in [6, 6.07) is 7.79. The number of hydrogen-bond donors (Lipinski definition) is 1. The van der Waals surface area contributed by atoms with Crippen LogP contribution in [-0.4, -0.2) is 29.1 Å². The maximum absolute atomic E-state index is 11.1. The molecule has 1 heterocycles. The predicted octanol–water partition coefficient (Wildman–Crippen LogP) is 2.02. The van der Waals surface area contributed by atoms with Crippen molar-refractivity contribution in [2.45, 2.75) is 20.4 Å². The van der Waals surface area contributed by atoms with E-state index in [4.69, 9.17) is 10.4 Å². The maximum Gasteiger partial charge on any atom is 0.308 e. The zero-order valence-electron chi connectivity index (χ0n) is 11.3. The van der Waals surface area contributed by atoms with Gasteiger partial charge in [0, 0.05) is 19.6 Å². The Morgan fingerprint density at radius 2 is 2.26 bits per heavy atom. The first kappa shape index (κ1) is 13.6. The number of hydrogen-bond acceptors (Lipinski definition) is 3. The monoisotopic (exact) mass is 258 g/mol. The van der Waals surface area contributed by atoms with Crippen LogP contribution in [0, 0.1) is 30.1 Å². The summed E-state index contributed by atoms with van der Waals surface area (Å²) in [6.07, 6.45) is 0. The zero-order chi connectivity index (χ0) is 14.0. The Morgan fingerprint density at radius 1 is 1.53 bits per heavy atom. The molecule has 0 bridgehead atoms. The highest BCUT2D eigenvalue weighted by molar-refractivity contribution is 5.71. The standard InChI is InChI=1S/C15H18N2O2/c1-10-5-12(6-16)3-4-13(10)8-17-7-11(2)14(9-17)15(18)19/h3-5,11,14H,7-9H2,1-2H3,(H,18,19)/t11-,14-/m1/s1. The largest absolute Gasteiger partial charge is 0.481 e. The maximum atomic E-state index is 11.1. The molecular weight excluding hydrogens is 240 g/mol. The SMILES string of the molecule is Cc1cc(C#N)ccc1CN1C[C@@H](C)[C@H](C(=O)O)C1. The number of nitriles is 1. The third-order valence-corrected chi connectivity index (χ3v) is 3.87. The molecule has 0 spiro atoms. The summed E-state index contributed by atoms with van der Waals surface area (Å²) in [5.74, 6) is -0.776. The molecule has 2 atom stereocenters. The van der Waals surface area contributed by atoms with Crippen molar-refractivity contribution in [1.29, 1.82) is 5.26 Å². The average molecular weight is 258 g/mol. The van der Waals surface area contributed by atoms with Gasteiger partial charge in [-0.3, -0.25) is 9.69 Å². The molecule has 4 nitrogen and oxygen atoms in total. The van der Waals surface area contributed by atoms with Crippen LogP contribution in [0.5, 0.6) is 0 Å². The summed E-state index contributed by atoms with van der Waals surface area (Å²) >= 11 is 0. The fourth-order valence-electron chi connectivity index (χ4n) is 2.70. The second kappa shape index (κ2) is 5.41. The molecule has 1 N–H and O–H groups in total. The predicted molar refractivity (Wildman–Crippen MR) is 71.5 cm³/mol. The Morgan fingerprint density at radius 3 is 2.79 bits per heavy atom. The molecule has 0 saturated carbocycles. The molecule has 100 valence electrons. The summed E-state index contributed by atoms with van der Waals surface area (Å²) < 4.78 is 0. The van der Waals surface area contributed by atoms with Crippen LogP contribution in [0.3, 0.4) is 0 Å². The van der Waals surface area contributed by atoms with E-state index >= 15 is 0 Å². The zero-order valence-corrected chi connectivity index (χ0v) is 11.3. The number of nitrogens with zero attached hydrogens (tertiary/aromatic N) is 2. The number of aliphatic carboxylic acids is 1. The van der Waals surface area contributed by atoms with Gasteiger partial charge in [0.2, 0.25) is 0 Å². The molecule has 2 rings (SSSR count). The van der Waals surface area contributed by atoms with Crippen LogP contribution in [0.25, 0.3) is 0 Å². The Kier molecular flexibility index (Phi) is 3.87. The number of rotatable bonds is 3. The summed E-state index contributed by atoms with van der Waals surface area (Å²) in [5, 5.41) is 18.0. The topological polar surface area (TPSA) is 64.3 Å². The summed E-state index contributed by atoms with van der Waals surface area (Å²) in [6.45, 7) is 6.16. The molecule has 1 fully saturated rings. The van der Waals surface area contributed by atoms with E-state index in [2.05, 4.69) is 11.0 Å². The molecule has 1 aromatic rings. The lowest BCUT2D eigenvalue weighted by Crippen LogP contribution is -2.23. The van der Waals surface area contributed by atoms with Crippen LogP contribution >= 0.6 is 0 Å². The van der Waals surface area contributed by atoms with Crippen molar-refractivity contribution in [3.05, 3.63) is 34.9 Å². The van der Waals surface area contributed by atoms with Crippen molar-refractivity contribution < 1.29 is 9.90 Å². The van der Waals surface area contributed by atoms with Gasteiger partial charge in [0.25, 0.3) is 0 Å². The average Bonchev–Trinajstić information content (AvgIpc) is 2.73. The van der Waals surface area contributed by atoms with E-state index in [1.807, 2.05) is 32.0 Å². The first-order valence-corrected chi connectivity index (χ1v) is 6.46. The molecule has 0 radical (unpaired) electrons. The molecule has 1 aliphatic rings. The van der Waals surface area contributed by atoms with E-state index in [9.17, 15) is 4.79 Å². The van der Waals surface area contributed by atoms with Crippen LogP contribution in [0.15, 0.2) is 18.2 Å². The van der Waals surface area contributed by atoms with Crippen molar-refractivity contribution in [3.8, 4) is 6.07 Å². The van der Waals surface area contributed by atoms with Crippen LogP contribution in [-0.2, 0) is 11.3 Å². The van der Waals surface area contributed by atoms with Crippen LogP contribution in [0.1, 0.15) is 23.6 Å². The van der Waals surface area contributed by atoms with Gasteiger partial charge in [-0.05, 0) is 36.1 Å². The molecule has 1 aliphatic heterocycles. The van der Waals surface area contributed by atoms with Crippen molar-refractivity contribution in [1.82, 2.24) is 4.90 Å². The Balaban J connectivity index is 2.07. The summed E-state index contributed by atoms with van der Waals surface area (Å²) in [4.78, 5) is 13.3. The second-order valence-corrected chi connectivity index (χ2v) is 5.37. The Labute approximate surface area is 113 Å². The minimum atomic E-state index is -0.702. The highest BCUT2D eigenvalue weighted by Crippen LogP contribution is 2.25. The lowest BCUT2D eigenvalue weighted by Gasteiger charge is -2.17. The van der Waals surface area contributed by atoms with Crippen molar-refractivity contribution in [2.24, 2.45) is 11.8 Å². The van der Waals surface area contributed by atoms with Gasteiger partial charge in [-0.25, -0.2) is 0 Å². The Hall–Kier alpha value is -1.86. The fourth-order valence-corrected chi connectivity index (χ4v) is 2.70. The number of aryl methyl sites for hydroxylation is 1. The van der Waals surface area contributed by atoms with E-state index in [1.165, 1.54) is 0 Å². The molecule has 0 amide bonds. The van der Waals surface area contributed by atoms with Crippen LogP contribution < -0.4 is 0 Å². The molecule has 19 heavy (non-hydrogen) atoms. The van der Waals surface area contributed by atoms with E-state index < -0.39 is 5.97 Å². The normalized spacial score (nSPS) is 23.2. The van der Waals surface area contributed by atoms with Gasteiger partial charge < -0.3 is 5.11 Å². The number of likely N-dealkylation sites (tertiary alicyclic amines) is 1. The van der Waals surface area contributed by atoms with Gasteiger partial charge in [-0.1, -0.05) is 13.0 Å². The molecule has 1 saturated heterocycles. The lowest BCUT2D eigenvalue weighted by molar-refractivity contribution is -0.142. The quantitative estimate of drug-likeness (QED) is 0.900. The van der Waals surface area contributed by atoms with Gasteiger partial charge in [0.15, 0.2) is 0 Å². The minimum absolute atomic E-state index is 0.191. The highest BCUT2D eigenvalue weighted by atomic mass is 16.4. The second-order valence-electron chi connectivity index (χ2n) is 5.37. The van der Waals surface area contributed by atoms with Crippen LogP contribution in [0.2, 0.25) is 0 Å². The first-order valence-electron chi connectivity index (χ1n) is 6.46. The molecule has 0 unspecified atom stereocenters.